The smallest absolute Gasteiger partial charge is 0.373 e. The van der Waals surface area contributed by atoms with Crippen LogP contribution in [-0.4, -0.2) is 25.5 Å². The highest BCUT2D eigenvalue weighted by atomic mass is 19.4. The summed E-state index contributed by atoms with van der Waals surface area (Å²) in [4.78, 5) is 14.5. The van der Waals surface area contributed by atoms with Crippen molar-refractivity contribution in [3.05, 3.63) is 75.4 Å². The molecule has 11 heteroatoms. The number of hydrogen-bond donors (Lipinski definition) is 0. The molecule has 0 aromatic heterocycles. The molecule has 1 aliphatic rings. The number of nitroso groups, excluding NO2 is 1. The average molecular weight is 450 g/mol. The largest absolute Gasteiger partial charge is 0.416 e. The molecular weight excluding hydrogens is 433 g/mol. The van der Waals surface area contributed by atoms with Crippen LogP contribution in [0.25, 0.3) is 0 Å². The molecule has 4 nitrogen and oxygen atoms in total. The molecule has 2 aromatic rings. The number of nitrogens with zero attached hydrogens (tertiary/aromatic N) is 2. The molecule has 0 spiro atoms. The predicted octanol–water partition coefficient (Wildman–Crippen LogP) is 6.20. The molecule has 2 aromatic carbocycles. The zero-order chi connectivity index (χ0) is 23.2. The molecule has 31 heavy (non-hydrogen) atoms. The van der Waals surface area contributed by atoms with E-state index >= 15 is 0 Å². The molecule has 1 atom stereocenters. The van der Waals surface area contributed by atoms with Crippen molar-refractivity contribution >= 4 is 5.71 Å². The lowest BCUT2D eigenvalue weighted by molar-refractivity contribution is -0.143. The maximum Gasteiger partial charge on any atom is 0.416 e. The normalized spacial score (nSPS) is 15.4. The number of hydrogen-bond acceptors (Lipinski definition) is 4. The van der Waals surface area contributed by atoms with E-state index in [1.54, 1.807) is 12.1 Å². The minimum Gasteiger partial charge on any atom is -0.373 e. The Morgan fingerprint density at radius 1 is 0.968 bits per heavy atom. The van der Waals surface area contributed by atoms with Crippen LogP contribution in [0.1, 0.15) is 35.2 Å². The number of benzene rings is 2. The van der Waals surface area contributed by atoms with E-state index in [2.05, 4.69) is 10.2 Å². The minimum atomic E-state index is -4.92. The Labute approximate surface area is 172 Å². The van der Waals surface area contributed by atoms with Gasteiger partial charge in [0.05, 0.1) is 36.6 Å². The fourth-order valence-corrected chi connectivity index (χ4v) is 2.56. The highest BCUT2D eigenvalue weighted by Crippen LogP contribution is 2.37. The molecular formula is C20H17F7N2O2. The van der Waals surface area contributed by atoms with E-state index in [0.717, 1.165) is 18.2 Å². The van der Waals surface area contributed by atoms with Crippen molar-refractivity contribution in [2.24, 2.45) is 10.2 Å². The molecule has 168 valence electrons. The van der Waals surface area contributed by atoms with E-state index in [1.165, 1.54) is 12.1 Å². The molecule has 0 fully saturated rings. The van der Waals surface area contributed by atoms with Crippen molar-refractivity contribution < 1.29 is 35.5 Å². The van der Waals surface area contributed by atoms with Gasteiger partial charge in [0.15, 0.2) is 0 Å². The Balaban J connectivity index is 0.000000231. The van der Waals surface area contributed by atoms with Crippen LogP contribution in [0.15, 0.2) is 52.6 Å². The molecule has 0 amide bonds. The first-order valence-corrected chi connectivity index (χ1v) is 8.90. The lowest BCUT2D eigenvalue weighted by atomic mass is 10.0. The first-order chi connectivity index (χ1) is 14.4. The van der Waals surface area contributed by atoms with Gasteiger partial charge in [-0.15, -0.1) is 0 Å². The first-order valence-electron chi connectivity index (χ1n) is 8.90. The van der Waals surface area contributed by atoms with Crippen LogP contribution < -0.4 is 0 Å². The third-order valence-corrected chi connectivity index (χ3v) is 4.21. The maximum absolute atomic E-state index is 12.6. The van der Waals surface area contributed by atoms with Crippen molar-refractivity contribution in [3.8, 4) is 0 Å². The van der Waals surface area contributed by atoms with Gasteiger partial charge in [0.25, 0.3) is 0 Å². The van der Waals surface area contributed by atoms with Gasteiger partial charge in [0, 0.05) is 0 Å². The van der Waals surface area contributed by atoms with E-state index < -0.39 is 35.1 Å². The second-order valence-electron chi connectivity index (χ2n) is 6.51. The van der Waals surface area contributed by atoms with E-state index in [0.29, 0.717) is 31.9 Å². The topological polar surface area (TPSA) is 51.0 Å². The SMILES string of the molecule is C[C@@H](N=O)c1cc(C(F)(F)F)cc(C(F)(F)F)c1.Fc1ccc(C2=NCCOC2)cc1. The Kier molecular flexibility index (Phi) is 7.88. The molecule has 0 aliphatic carbocycles. The third-order valence-electron chi connectivity index (χ3n) is 4.21. The summed E-state index contributed by atoms with van der Waals surface area (Å²) in [6.45, 7) is 3.03. The highest BCUT2D eigenvalue weighted by Gasteiger charge is 2.37. The Hall–Kier alpha value is -2.82. The van der Waals surface area contributed by atoms with Crippen LogP contribution in [0.5, 0.6) is 0 Å². The summed E-state index contributed by atoms with van der Waals surface area (Å²) >= 11 is 0. The molecule has 0 saturated carbocycles. The summed E-state index contributed by atoms with van der Waals surface area (Å²) in [5.41, 5.74) is -1.48. The molecule has 1 heterocycles. The summed E-state index contributed by atoms with van der Waals surface area (Å²) in [5.74, 6) is -0.221. The van der Waals surface area contributed by atoms with Crippen molar-refractivity contribution in [1.82, 2.24) is 0 Å². The predicted molar refractivity (Wildman–Crippen MR) is 99.3 cm³/mol. The lowest BCUT2D eigenvalue weighted by Crippen LogP contribution is -2.18. The monoisotopic (exact) mass is 450 g/mol. The van der Waals surface area contributed by atoms with Crippen molar-refractivity contribution in [2.45, 2.75) is 25.3 Å². The van der Waals surface area contributed by atoms with Crippen LogP contribution in [-0.2, 0) is 17.1 Å². The van der Waals surface area contributed by atoms with Gasteiger partial charge in [-0.2, -0.15) is 31.2 Å². The van der Waals surface area contributed by atoms with E-state index in [4.69, 9.17) is 4.74 Å². The summed E-state index contributed by atoms with van der Waals surface area (Å²) in [6, 6.07) is 6.02. The number of ether oxygens (including phenoxy) is 1. The lowest BCUT2D eigenvalue weighted by Gasteiger charge is -2.14. The van der Waals surface area contributed by atoms with Crippen LogP contribution in [0.4, 0.5) is 30.7 Å². The van der Waals surface area contributed by atoms with Gasteiger partial charge in [0.1, 0.15) is 11.9 Å². The first kappa shape index (κ1) is 24.4. The van der Waals surface area contributed by atoms with Crippen molar-refractivity contribution in [1.29, 1.82) is 0 Å². The second kappa shape index (κ2) is 9.99. The van der Waals surface area contributed by atoms with Crippen LogP contribution in [0, 0.1) is 10.7 Å². The Morgan fingerprint density at radius 2 is 1.52 bits per heavy atom. The Morgan fingerprint density at radius 3 is 1.94 bits per heavy atom. The number of alkyl halides is 6. The molecule has 0 N–H and O–H groups in total. The van der Waals surface area contributed by atoms with Crippen molar-refractivity contribution in [2.75, 3.05) is 19.8 Å². The summed E-state index contributed by atoms with van der Waals surface area (Å²) in [7, 11) is 0. The maximum atomic E-state index is 12.6. The van der Waals surface area contributed by atoms with Crippen LogP contribution >= 0.6 is 0 Å². The quantitative estimate of drug-likeness (QED) is 0.413. The van der Waals surface area contributed by atoms with E-state index in [1.807, 2.05) is 0 Å². The number of aliphatic imine (C=N–C) groups is 1. The highest BCUT2D eigenvalue weighted by molar-refractivity contribution is 6.01. The molecule has 0 unspecified atom stereocenters. The molecule has 0 bridgehead atoms. The van der Waals surface area contributed by atoms with E-state index in [9.17, 15) is 35.6 Å². The van der Waals surface area contributed by atoms with Gasteiger partial charge in [-0.05, 0) is 48.4 Å². The molecule has 0 saturated heterocycles. The van der Waals surface area contributed by atoms with Gasteiger partial charge in [-0.25, -0.2) is 4.39 Å². The number of rotatable bonds is 3. The third kappa shape index (κ3) is 7.12. The second-order valence-corrected chi connectivity index (χ2v) is 6.51. The van der Waals surface area contributed by atoms with Gasteiger partial charge in [0.2, 0.25) is 0 Å². The van der Waals surface area contributed by atoms with Crippen LogP contribution in [0.2, 0.25) is 0 Å². The zero-order valence-electron chi connectivity index (χ0n) is 16.1. The van der Waals surface area contributed by atoms with Gasteiger partial charge < -0.3 is 4.74 Å². The van der Waals surface area contributed by atoms with Gasteiger partial charge in [-0.1, -0.05) is 17.3 Å². The van der Waals surface area contributed by atoms with Gasteiger partial charge in [-0.3, -0.25) is 4.99 Å². The van der Waals surface area contributed by atoms with Gasteiger partial charge >= 0.3 is 12.4 Å². The molecule has 1 aliphatic heterocycles. The number of halogens is 7. The average Bonchev–Trinajstić information content (AvgIpc) is 2.73. The van der Waals surface area contributed by atoms with Crippen LogP contribution in [0.3, 0.4) is 0 Å². The zero-order valence-corrected chi connectivity index (χ0v) is 16.1. The Bertz CT molecular complexity index is 890. The fraction of sp³-hybridized carbons (Fsp3) is 0.350. The molecule has 0 radical (unpaired) electrons. The minimum absolute atomic E-state index is 0.00101. The fourth-order valence-electron chi connectivity index (χ4n) is 2.56. The van der Waals surface area contributed by atoms with Crippen molar-refractivity contribution in [3.63, 3.8) is 0 Å². The summed E-state index contributed by atoms with van der Waals surface area (Å²) in [6.07, 6.45) is -9.84. The standard InChI is InChI=1S/C10H7F6NO.C10H10FNO/c1-5(17-18)6-2-7(9(11,12)13)4-8(3-6)10(14,15)16;11-9-3-1-8(2-4-9)10-7-13-6-5-12-10/h2-5H,1H3;1-4H,5-7H2/t5-;/m1./s1. The summed E-state index contributed by atoms with van der Waals surface area (Å²) in [5, 5.41) is 2.42. The van der Waals surface area contributed by atoms with E-state index in [-0.39, 0.29) is 11.9 Å². The molecule has 3 rings (SSSR count). The summed E-state index contributed by atoms with van der Waals surface area (Å²) < 4.78 is 92.4.